The van der Waals surface area contributed by atoms with Crippen molar-refractivity contribution in [3.05, 3.63) is 64.7 Å². The summed E-state index contributed by atoms with van der Waals surface area (Å²) in [5.74, 6) is -0.204. The zero-order chi connectivity index (χ0) is 21.3. The quantitative estimate of drug-likeness (QED) is 0.711. The maximum absolute atomic E-state index is 13.3. The van der Waals surface area contributed by atoms with Crippen LogP contribution in [-0.2, 0) is 0 Å². The zero-order valence-electron chi connectivity index (χ0n) is 16.0. The normalized spacial score (nSPS) is 18.0. The van der Waals surface area contributed by atoms with Crippen molar-refractivity contribution < 1.29 is 18.4 Å². The molecule has 0 saturated carbocycles. The van der Waals surface area contributed by atoms with Crippen LogP contribution in [0.4, 0.5) is 19.3 Å². The van der Waals surface area contributed by atoms with Gasteiger partial charge in [0.1, 0.15) is 11.6 Å². The number of carbonyl (C=O) groups is 2. The molecule has 30 heavy (non-hydrogen) atoms. The summed E-state index contributed by atoms with van der Waals surface area (Å²) in [6.07, 6.45) is 1.28. The van der Waals surface area contributed by atoms with Crippen molar-refractivity contribution in [2.45, 2.75) is 17.7 Å². The van der Waals surface area contributed by atoms with Crippen LogP contribution in [0.15, 0.2) is 42.5 Å². The topological polar surface area (TPSA) is 52.7 Å². The molecule has 2 aliphatic heterocycles. The van der Waals surface area contributed by atoms with Crippen LogP contribution >= 0.6 is 23.4 Å². The number of hydrogen-bond donors (Lipinski definition) is 1. The first-order valence-electron chi connectivity index (χ1n) is 9.60. The minimum absolute atomic E-state index is 0.0531. The maximum atomic E-state index is 13.3. The number of rotatable bonds is 2. The molecular formula is C21H20ClF2N3O2S. The molecular weight excluding hydrogens is 432 g/mol. The molecule has 1 N–H and O–H groups in total. The van der Waals surface area contributed by atoms with Gasteiger partial charge in [0.15, 0.2) is 0 Å². The molecule has 1 spiro atoms. The van der Waals surface area contributed by atoms with Gasteiger partial charge >= 0.3 is 6.03 Å². The van der Waals surface area contributed by atoms with Gasteiger partial charge in [-0.1, -0.05) is 11.6 Å². The third-order valence-corrected chi connectivity index (χ3v) is 7.36. The van der Waals surface area contributed by atoms with Crippen molar-refractivity contribution in [1.29, 1.82) is 0 Å². The molecule has 0 atom stereocenters. The number of benzene rings is 2. The Labute approximate surface area is 182 Å². The molecule has 0 aliphatic carbocycles. The minimum Gasteiger partial charge on any atom is -0.324 e. The highest BCUT2D eigenvalue weighted by Crippen LogP contribution is 2.44. The standard InChI is InChI=1S/C21H20ClF2N3O2S/c22-17-13-16(5-6-18(17)24)25-20(29)26-9-7-21(8-10-26)27(11-12-30-21)19(28)14-1-3-15(23)4-2-14/h1-6,13H,7-12H2,(H,25,29). The summed E-state index contributed by atoms with van der Waals surface area (Å²) in [6.45, 7) is 1.60. The van der Waals surface area contributed by atoms with Crippen LogP contribution in [-0.4, -0.2) is 52.0 Å². The summed E-state index contributed by atoms with van der Waals surface area (Å²) >= 11 is 7.50. The second kappa shape index (κ2) is 8.43. The highest BCUT2D eigenvalue weighted by Gasteiger charge is 2.47. The van der Waals surface area contributed by atoms with E-state index in [1.54, 1.807) is 16.7 Å². The first kappa shape index (κ1) is 20.9. The van der Waals surface area contributed by atoms with Gasteiger partial charge in [-0.2, -0.15) is 0 Å². The SMILES string of the molecule is O=C(Nc1ccc(F)c(Cl)c1)N1CCC2(CC1)SCCN2C(=O)c1ccc(F)cc1. The Balaban J connectivity index is 1.40. The van der Waals surface area contributed by atoms with Crippen molar-refractivity contribution in [2.75, 3.05) is 30.7 Å². The van der Waals surface area contributed by atoms with E-state index in [0.29, 0.717) is 43.7 Å². The van der Waals surface area contributed by atoms with Crippen LogP contribution in [0, 0.1) is 11.6 Å². The van der Waals surface area contributed by atoms with Crippen molar-refractivity contribution >= 4 is 41.0 Å². The summed E-state index contributed by atoms with van der Waals surface area (Å²) in [5.41, 5.74) is 0.890. The summed E-state index contributed by atoms with van der Waals surface area (Å²) in [5, 5.41) is 2.68. The van der Waals surface area contributed by atoms with E-state index in [1.165, 1.54) is 42.5 Å². The van der Waals surface area contributed by atoms with E-state index in [-0.39, 0.29) is 27.6 Å². The molecule has 2 fully saturated rings. The number of nitrogens with zero attached hydrogens (tertiary/aromatic N) is 2. The first-order valence-corrected chi connectivity index (χ1v) is 11.0. The van der Waals surface area contributed by atoms with Crippen molar-refractivity contribution in [2.24, 2.45) is 0 Å². The summed E-state index contributed by atoms with van der Waals surface area (Å²) in [4.78, 5) is 28.8. The van der Waals surface area contributed by atoms with Crippen molar-refractivity contribution in [3.63, 3.8) is 0 Å². The van der Waals surface area contributed by atoms with Crippen molar-refractivity contribution in [1.82, 2.24) is 9.80 Å². The smallest absolute Gasteiger partial charge is 0.321 e. The fraction of sp³-hybridized carbons (Fsp3) is 0.333. The van der Waals surface area contributed by atoms with E-state index >= 15 is 0 Å². The van der Waals surface area contributed by atoms with Crippen LogP contribution in [0.3, 0.4) is 0 Å². The number of amides is 3. The molecule has 0 aromatic heterocycles. The summed E-state index contributed by atoms with van der Waals surface area (Å²) in [6, 6.07) is 9.34. The number of likely N-dealkylation sites (tertiary alicyclic amines) is 1. The van der Waals surface area contributed by atoms with Gasteiger partial charge in [0.25, 0.3) is 5.91 Å². The second-order valence-corrected chi connectivity index (χ2v) is 9.17. The van der Waals surface area contributed by atoms with Crippen molar-refractivity contribution in [3.8, 4) is 0 Å². The maximum Gasteiger partial charge on any atom is 0.321 e. The second-order valence-electron chi connectivity index (χ2n) is 7.30. The van der Waals surface area contributed by atoms with Crippen LogP contribution in [0.1, 0.15) is 23.2 Å². The van der Waals surface area contributed by atoms with Gasteiger partial charge in [0, 0.05) is 36.6 Å². The van der Waals surface area contributed by atoms with Gasteiger partial charge in [-0.15, -0.1) is 11.8 Å². The molecule has 3 amide bonds. The van der Waals surface area contributed by atoms with Gasteiger partial charge in [0.2, 0.25) is 0 Å². The molecule has 2 aromatic rings. The Morgan fingerprint density at radius 3 is 2.40 bits per heavy atom. The monoisotopic (exact) mass is 451 g/mol. The van der Waals surface area contributed by atoms with E-state index in [2.05, 4.69) is 5.32 Å². The lowest BCUT2D eigenvalue weighted by atomic mass is 10.0. The highest BCUT2D eigenvalue weighted by atomic mass is 35.5. The number of piperidine rings is 1. The Hall–Kier alpha value is -2.32. The lowest BCUT2D eigenvalue weighted by molar-refractivity contribution is 0.0585. The number of halogens is 3. The average molecular weight is 452 g/mol. The van der Waals surface area contributed by atoms with E-state index in [9.17, 15) is 18.4 Å². The van der Waals surface area contributed by atoms with Crippen LogP contribution in [0.25, 0.3) is 0 Å². The fourth-order valence-electron chi connectivity index (χ4n) is 3.89. The van der Waals surface area contributed by atoms with E-state index < -0.39 is 5.82 Å². The third-order valence-electron chi connectivity index (χ3n) is 5.52. The van der Waals surface area contributed by atoms with Gasteiger partial charge in [-0.05, 0) is 55.3 Å². The number of hydrogen-bond acceptors (Lipinski definition) is 3. The van der Waals surface area contributed by atoms with Gasteiger partial charge in [-0.3, -0.25) is 4.79 Å². The predicted molar refractivity (Wildman–Crippen MR) is 114 cm³/mol. The molecule has 0 radical (unpaired) electrons. The van der Waals surface area contributed by atoms with Crippen LogP contribution in [0.2, 0.25) is 5.02 Å². The molecule has 2 aliphatic rings. The number of nitrogens with one attached hydrogen (secondary N) is 1. The Morgan fingerprint density at radius 2 is 1.73 bits per heavy atom. The molecule has 4 rings (SSSR count). The van der Waals surface area contributed by atoms with Gasteiger partial charge in [0.05, 0.1) is 9.89 Å². The largest absolute Gasteiger partial charge is 0.324 e. The van der Waals surface area contributed by atoms with E-state index in [1.807, 2.05) is 4.90 Å². The van der Waals surface area contributed by atoms with Crippen LogP contribution < -0.4 is 5.32 Å². The molecule has 0 bridgehead atoms. The number of urea groups is 1. The van der Waals surface area contributed by atoms with E-state index in [4.69, 9.17) is 11.6 Å². The average Bonchev–Trinajstić information content (AvgIpc) is 3.14. The number of thioether (sulfide) groups is 1. The highest BCUT2D eigenvalue weighted by molar-refractivity contribution is 8.00. The van der Waals surface area contributed by atoms with Gasteiger partial charge < -0.3 is 15.1 Å². The predicted octanol–water partition coefficient (Wildman–Crippen LogP) is 4.83. The molecule has 2 heterocycles. The zero-order valence-corrected chi connectivity index (χ0v) is 17.6. The minimum atomic E-state index is -0.543. The fourth-order valence-corrected chi connectivity index (χ4v) is 5.53. The lowest BCUT2D eigenvalue weighted by Crippen LogP contribution is -2.54. The molecule has 2 aromatic carbocycles. The molecule has 9 heteroatoms. The number of carbonyl (C=O) groups excluding carboxylic acids is 2. The Kier molecular flexibility index (Phi) is 5.88. The summed E-state index contributed by atoms with van der Waals surface area (Å²) in [7, 11) is 0. The Bertz CT molecular complexity index is 965. The number of anilines is 1. The third kappa shape index (κ3) is 4.11. The molecule has 158 valence electrons. The lowest BCUT2D eigenvalue weighted by Gasteiger charge is -2.44. The Morgan fingerprint density at radius 1 is 1.03 bits per heavy atom. The van der Waals surface area contributed by atoms with Gasteiger partial charge in [-0.25, -0.2) is 13.6 Å². The first-order chi connectivity index (χ1) is 14.4. The van der Waals surface area contributed by atoms with E-state index in [0.717, 1.165) is 5.75 Å². The molecule has 0 unspecified atom stereocenters. The van der Waals surface area contributed by atoms with Crippen LogP contribution in [0.5, 0.6) is 0 Å². The molecule has 2 saturated heterocycles. The molecule has 5 nitrogen and oxygen atoms in total. The summed E-state index contributed by atoms with van der Waals surface area (Å²) < 4.78 is 26.5.